The summed E-state index contributed by atoms with van der Waals surface area (Å²) in [5, 5.41) is 1.07. The lowest BCUT2D eigenvalue weighted by molar-refractivity contribution is -0.137. The van der Waals surface area contributed by atoms with Gasteiger partial charge in [-0.25, -0.2) is 0 Å². The van der Waals surface area contributed by atoms with E-state index in [2.05, 4.69) is 52.9 Å². The lowest BCUT2D eigenvalue weighted by atomic mass is 9.84. The number of hydrogen-bond donors (Lipinski definition) is 0. The van der Waals surface area contributed by atoms with Crippen LogP contribution in [-0.4, -0.2) is 37.6 Å². The fraction of sp³-hybridized carbons (Fsp3) is 0.517. The van der Waals surface area contributed by atoms with Crippen molar-refractivity contribution in [3.63, 3.8) is 0 Å². The van der Waals surface area contributed by atoms with Crippen molar-refractivity contribution in [3.05, 3.63) is 68.7 Å². The summed E-state index contributed by atoms with van der Waals surface area (Å²) in [6, 6.07) is 11.3. The normalized spacial score (nSPS) is 18.2. The molecule has 0 N–H and O–H groups in total. The van der Waals surface area contributed by atoms with Crippen LogP contribution in [0.5, 0.6) is 0 Å². The van der Waals surface area contributed by atoms with Gasteiger partial charge in [0, 0.05) is 16.5 Å². The Morgan fingerprint density at radius 3 is 2.28 bits per heavy atom. The molecule has 0 unspecified atom stereocenters. The Hall–Kier alpha value is -1.66. The van der Waals surface area contributed by atoms with Crippen molar-refractivity contribution < 1.29 is 14.0 Å². The fourth-order valence-electron chi connectivity index (χ4n) is 4.66. The minimum Gasteiger partial charge on any atom is -0.415 e. The highest BCUT2D eigenvalue weighted by atomic mass is 35.5. The largest absolute Gasteiger partial charge is 0.415 e. The summed E-state index contributed by atoms with van der Waals surface area (Å²) in [6.07, 6.45) is 2.07. The average molecular weight is 549 g/mol. The molecule has 3 rings (SSSR count). The highest BCUT2D eigenvalue weighted by Gasteiger charge is 2.41. The number of Topliss-reactive ketones (excluding diaryl/α,β-unsaturated/α-hetero) is 1. The standard InChI is InChI=1S/C29H39Cl2NO3Si/c1-19(33)14-15-21-10-8-11-23-20(2)32(28(34)17-25-26(30)12-9-13-27(25)31)22(16-24(21)23)18-35-36(6,7)29(3,4)5/h8-13,20,22H,14-18H2,1-7H3/t20-,22+/m0/s1. The molecule has 36 heavy (non-hydrogen) atoms. The third-order valence-electron chi connectivity index (χ3n) is 7.88. The van der Waals surface area contributed by atoms with Crippen molar-refractivity contribution >= 4 is 43.2 Å². The number of ketones is 1. The number of fused-ring (bicyclic) bond motifs is 1. The van der Waals surface area contributed by atoms with Gasteiger partial charge in [-0.1, -0.05) is 68.2 Å². The maximum Gasteiger partial charge on any atom is 0.227 e. The van der Waals surface area contributed by atoms with Crippen LogP contribution in [0.4, 0.5) is 0 Å². The first-order valence-corrected chi connectivity index (χ1v) is 16.4. The fourth-order valence-corrected chi connectivity index (χ4v) is 6.24. The molecule has 0 saturated heterocycles. The summed E-state index contributed by atoms with van der Waals surface area (Å²) in [4.78, 5) is 27.5. The molecule has 1 aliphatic rings. The molecule has 4 nitrogen and oxygen atoms in total. The average Bonchev–Trinajstić information content (AvgIpc) is 2.78. The second kappa shape index (κ2) is 11.4. The molecule has 196 valence electrons. The van der Waals surface area contributed by atoms with Gasteiger partial charge < -0.3 is 14.1 Å². The molecular formula is C29H39Cl2NO3Si. The summed E-state index contributed by atoms with van der Waals surface area (Å²) in [7, 11) is -2.03. The Balaban J connectivity index is 1.98. The maximum absolute atomic E-state index is 13.8. The van der Waals surface area contributed by atoms with E-state index >= 15 is 0 Å². The van der Waals surface area contributed by atoms with Gasteiger partial charge in [0.2, 0.25) is 5.91 Å². The Bertz CT molecular complexity index is 1110. The number of aryl methyl sites for hydroxylation is 1. The number of benzene rings is 2. The van der Waals surface area contributed by atoms with Gasteiger partial charge in [-0.3, -0.25) is 4.79 Å². The van der Waals surface area contributed by atoms with Crippen LogP contribution in [0.15, 0.2) is 36.4 Å². The van der Waals surface area contributed by atoms with Gasteiger partial charge in [-0.05, 0) is 79.2 Å². The number of hydrogen-bond acceptors (Lipinski definition) is 3. The van der Waals surface area contributed by atoms with E-state index in [-0.39, 0.29) is 35.2 Å². The van der Waals surface area contributed by atoms with Crippen LogP contribution < -0.4 is 0 Å². The van der Waals surface area contributed by atoms with Crippen molar-refractivity contribution in [3.8, 4) is 0 Å². The summed E-state index contributed by atoms with van der Waals surface area (Å²) in [6.45, 7) is 15.3. The smallest absolute Gasteiger partial charge is 0.227 e. The van der Waals surface area contributed by atoms with Crippen LogP contribution in [-0.2, 0) is 33.3 Å². The van der Waals surface area contributed by atoms with E-state index < -0.39 is 8.32 Å². The third-order valence-corrected chi connectivity index (χ3v) is 13.1. The van der Waals surface area contributed by atoms with E-state index in [9.17, 15) is 9.59 Å². The van der Waals surface area contributed by atoms with Crippen LogP contribution in [0.3, 0.4) is 0 Å². The molecule has 0 saturated carbocycles. The van der Waals surface area contributed by atoms with E-state index in [1.54, 1.807) is 25.1 Å². The summed E-state index contributed by atoms with van der Waals surface area (Å²) in [5.41, 5.74) is 4.23. The molecule has 2 aromatic carbocycles. The number of halogens is 2. The number of carbonyl (C=O) groups excluding carboxylic acids is 2. The second-order valence-corrected chi connectivity index (χ2v) is 17.1. The predicted octanol–water partition coefficient (Wildman–Crippen LogP) is 7.59. The van der Waals surface area contributed by atoms with Gasteiger partial charge >= 0.3 is 0 Å². The van der Waals surface area contributed by atoms with Crippen LogP contribution in [0.25, 0.3) is 0 Å². The molecule has 0 fully saturated rings. The molecule has 2 aromatic rings. The lowest BCUT2D eigenvalue weighted by Crippen LogP contribution is -2.52. The van der Waals surface area contributed by atoms with Crippen molar-refractivity contribution in [2.75, 3.05) is 6.61 Å². The summed E-state index contributed by atoms with van der Waals surface area (Å²) in [5.74, 6) is 0.170. The summed E-state index contributed by atoms with van der Waals surface area (Å²) >= 11 is 12.8. The van der Waals surface area contributed by atoms with Crippen LogP contribution in [0, 0.1) is 0 Å². The molecular weight excluding hydrogens is 509 g/mol. The minimum absolute atomic E-state index is 0.0129. The molecule has 0 aromatic heterocycles. The van der Waals surface area contributed by atoms with Crippen molar-refractivity contribution in [1.82, 2.24) is 4.90 Å². The van der Waals surface area contributed by atoms with Gasteiger partial charge in [0.25, 0.3) is 0 Å². The van der Waals surface area contributed by atoms with Gasteiger partial charge in [-0.15, -0.1) is 0 Å². The lowest BCUT2D eigenvalue weighted by Gasteiger charge is -2.45. The van der Waals surface area contributed by atoms with E-state index in [1.165, 1.54) is 11.1 Å². The van der Waals surface area contributed by atoms with E-state index in [0.717, 1.165) is 5.56 Å². The molecule has 1 heterocycles. The zero-order valence-electron chi connectivity index (χ0n) is 22.6. The molecule has 1 amide bonds. The number of nitrogens with zero attached hydrogens (tertiary/aromatic N) is 1. The molecule has 2 atom stereocenters. The number of amides is 1. The second-order valence-electron chi connectivity index (χ2n) is 11.5. The summed E-state index contributed by atoms with van der Waals surface area (Å²) < 4.78 is 6.65. The van der Waals surface area contributed by atoms with Gasteiger partial charge in [0.15, 0.2) is 8.32 Å². The molecule has 0 spiro atoms. The van der Waals surface area contributed by atoms with Crippen LogP contribution in [0.1, 0.15) is 69.3 Å². The first-order chi connectivity index (χ1) is 16.7. The third kappa shape index (κ3) is 6.42. The number of rotatable bonds is 8. The SMILES string of the molecule is CC(=O)CCc1cccc2c1C[C@H](CO[Si](C)(C)C(C)(C)C)N(C(=O)Cc1c(Cl)cccc1Cl)[C@H]2C. The van der Waals surface area contributed by atoms with Crippen LogP contribution in [0.2, 0.25) is 28.2 Å². The predicted molar refractivity (Wildman–Crippen MR) is 152 cm³/mol. The minimum atomic E-state index is -2.03. The van der Waals surface area contributed by atoms with Crippen molar-refractivity contribution in [2.24, 2.45) is 0 Å². The Morgan fingerprint density at radius 1 is 1.08 bits per heavy atom. The van der Waals surface area contributed by atoms with Gasteiger partial charge in [-0.2, -0.15) is 0 Å². The Labute approximate surface area is 227 Å². The van der Waals surface area contributed by atoms with E-state index in [0.29, 0.717) is 41.5 Å². The molecule has 0 radical (unpaired) electrons. The van der Waals surface area contributed by atoms with Gasteiger partial charge in [0.1, 0.15) is 5.78 Å². The molecule has 1 aliphatic heterocycles. The Morgan fingerprint density at radius 2 is 1.69 bits per heavy atom. The quantitative estimate of drug-likeness (QED) is 0.319. The van der Waals surface area contributed by atoms with Crippen LogP contribution >= 0.6 is 23.2 Å². The zero-order valence-corrected chi connectivity index (χ0v) is 25.1. The van der Waals surface area contributed by atoms with Crippen molar-refractivity contribution in [2.45, 2.75) is 90.5 Å². The highest BCUT2D eigenvalue weighted by molar-refractivity contribution is 6.74. The van der Waals surface area contributed by atoms with Gasteiger partial charge in [0.05, 0.1) is 25.1 Å². The first kappa shape index (κ1) is 28.9. The molecule has 0 aliphatic carbocycles. The highest BCUT2D eigenvalue weighted by Crippen LogP contribution is 2.40. The zero-order chi connectivity index (χ0) is 26.8. The maximum atomic E-state index is 13.8. The monoisotopic (exact) mass is 547 g/mol. The molecule has 0 bridgehead atoms. The molecule has 7 heteroatoms. The van der Waals surface area contributed by atoms with E-state index in [4.69, 9.17) is 27.6 Å². The number of carbonyl (C=O) groups is 2. The topological polar surface area (TPSA) is 46.6 Å². The van der Waals surface area contributed by atoms with Crippen molar-refractivity contribution in [1.29, 1.82) is 0 Å². The first-order valence-electron chi connectivity index (χ1n) is 12.7. The Kier molecular flexibility index (Phi) is 9.14. The van der Waals surface area contributed by atoms with E-state index in [1.807, 2.05) is 11.0 Å².